The molecule has 3 nitrogen and oxygen atoms in total. The molecule has 0 saturated heterocycles. The van der Waals surface area contributed by atoms with Crippen LogP contribution in [-0.4, -0.2) is 26.2 Å². The van der Waals surface area contributed by atoms with Gasteiger partial charge in [0, 0.05) is 49.7 Å². The average Bonchev–Trinajstić information content (AvgIpc) is 2.77. The predicted octanol–water partition coefficient (Wildman–Crippen LogP) is 7.45. The molecule has 3 aromatic carbocycles. The van der Waals surface area contributed by atoms with Gasteiger partial charge in [-0.05, 0) is 35.9 Å². The Balaban J connectivity index is 1.73. The van der Waals surface area contributed by atoms with Crippen LogP contribution < -0.4 is 15.0 Å². The third-order valence-corrected chi connectivity index (χ3v) is 4.94. The summed E-state index contributed by atoms with van der Waals surface area (Å²) in [6.45, 7) is -0.0962. The third-order valence-electron chi connectivity index (χ3n) is 4.94. The Morgan fingerprint density at radius 2 is 1.38 bits per heavy atom. The van der Waals surface area contributed by atoms with Gasteiger partial charge in [-0.2, -0.15) is 30.7 Å². The van der Waals surface area contributed by atoms with Gasteiger partial charge in [0.1, 0.15) is 11.5 Å². The lowest BCUT2D eigenvalue weighted by Crippen LogP contribution is -2.50. The van der Waals surface area contributed by atoms with Crippen LogP contribution >= 0.6 is 0 Å². The maximum absolute atomic E-state index is 14.0. The smallest absolute Gasteiger partial charge is 0.457 e. The number of nitrogens with zero attached hydrogens (tertiary/aromatic N) is 1. The molecule has 0 bridgehead atoms. The highest BCUT2D eigenvalue weighted by molar-refractivity contribution is 5.52. The number of nitrogens with one attached hydrogen (secondary N) is 1. The van der Waals surface area contributed by atoms with Gasteiger partial charge in [-0.15, -0.1) is 0 Å². The van der Waals surface area contributed by atoms with E-state index in [-0.39, 0.29) is 12.1 Å². The molecule has 3 rings (SSSR count). The first-order chi connectivity index (χ1) is 15.8. The highest BCUT2D eigenvalue weighted by atomic mass is 19.4. The van der Waals surface area contributed by atoms with Crippen LogP contribution in [0.4, 0.5) is 42.1 Å². The van der Waals surface area contributed by atoms with E-state index in [2.05, 4.69) is 5.32 Å². The summed E-state index contributed by atoms with van der Waals surface area (Å²) in [7, 11) is 3.78. The van der Waals surface area contributed by atoms with Crippen LogP contribution in [0.5, 0.6) is 11.5 Å². The van der Waals surface area contributed by atoms with Crippen LogP contribution in [0.3, 0.4) is 0 Å². The number of benzene rings is 3. The zero-order valence-corrected chi connectivity index (χ0v) is 18.1. The second kappa shape index (κ2) is 9.44. The van der Waals surface area contributed by atoms with Crippen molar-refractivity contribution in [3.63, 3.8) is 0 Å². The van der Waals surface area contributed by atoms with E-state index in [0.717, 1.165) is 11.8 Å². The van der Waals surface area contributed by atoms with Gasteiger partial charge in [0.2, 0.25) is 0 Å². The van der Waals surface area contributed by atoms with Crippen LogP contribution in [0.15, 0.2) is 72.8 Å². The Hall–Kier alpha value is -3.43. The molecule has 0 fully saturated rings. The Labute approximate surface area is 191 Å². The van der Waals surface area contributed by atoms with Crippen molar-refractivity contribution in [3.8, 4) is 11.5 Å². The van der Waals surface area contributed by atoms with E-state index in [1.54, 1.807) is 30.3 Å². The predicted molar refractivity (Wildman–Crippen MR) is 116 cm³/mol. The number of ether oxygens (including phenoxy) is 1. The molecule has 0 aliphatic heterocycles. The van der Waals surface area contributed by atoms with Crippen molar-refractivity contribution in [2.24, 2.45) is 0 Å². The van der Waals surface area contributed by atoms with Crippen molar-refractivity contribution in [3.05, 3.63) is 83.9 Å². The lowest BCUT2D eigenvalue weighted by Gasteiger charge is -2.28. The minimum Gasteiger partial charge on any atom is -0.457 e. The number of rotatable bonds is 8. The zero-order chi connectivity index (χ0) is 25.1. The van der Waals surface area contributed by atoms with Gasteiger partial charge in [0.15, 0.2) is 0 Å². The minimum atomic E-state index is -6.39. The molecule has 10 heteroatoms. The maximum atomic E-state index is 14.0. The summed E-state index contributed by atoms with van der Waals surface area (Å²) in [5.74, 6) is -10.6. The van der Waals surface area contributed by atoms with E-state index in [0.29, 0.717) is 29.3 Å². The van der Waals surface area contributed by atoms with Crippen LogP contribution in [0.2, 0.25) is 0 Å². The van der Waals surface area contributed by atoms with Gasteiger partial charge < -0.3 is 15.0 Å². The van der Waals surface area contributed by atoms with Crippen molar-refractivity contribution in [1.29, 1.82) is 0 Å². The van der Waals surface area contributed by atoms with Crippen LogP contribution in [0.25, 0.3) is 0 Å². The molecular weight excluding hydrogens is 465 g/mol. The van der Waals surface area contributed by atoms with Gasteiger partial charge in [0.25, 0.3) is 0 Å². The molecule has 3 aromatic rings. The number of hydrogen-bond donors (Lipinski definition) is 1. The van der Waals surface area contributed by atoms with Crippen molar-refractivity contribution < 1.29 is 35.5 Å². The van der Waals surface area contributed by atoms with E-state index in [4.69, 9.17) is 4.74 Å². The third kappa shape index (κ3) is 5.37. The van der Waals surface area contributed by atoms with Crippen LogP contribution in [0, 0.1) is 0 Å². The fourth-order valence-corrected chi connectivity index (χ4v) is 3.07. The molecule has 0 amide bonds. The fraction of sp³-hybridized carbons (Fsp3) is 0.250. The summed E-state index contributed by atoms with van der Waals surface area (Å²) in [6.07, 6.45) is -6.39. The minimum absolute atomic E-state index is 0.0962. The molecule has 0 atom stereocenters. The summed E-state index contributed by atoms with van der Waals surface area (Å²) >= 11 is 0. The molecule has 0 radical (unpaired) electrons. The van der Waals surface area contributed by atoms with Gasteiger partial charge >= 0.3 is 18.0 Å². The Morgan fingerprint density at radius 3 is 2.03 bits per heavy atom. The highest BCUT2D eigenvalue weighted by Gasteiger charge is 2.73. The van der Waals surface area contributed by atoms with E-state index in [1.165, 1.54) is 6.07 Å². The molecule has 0 aliphatic carbocycles. The normalized spacial score (nSPS) is 12.4. The molecule has 0 spiro atoms. The van der Waals surface area contributed by atoms with Crippen molar-refractivity contribution in [2.45, 2.75) is 24.6 Å². The zero-order valence-electron chi connectivity index (χ0n) is 18.1. The number of halogens is 7. The van der Waals surface area contributed by atoms with Crippen molar-refractivity contribution in [1.82, 2.24) is 0 Å². The molecular formula is C24H21F7N2O. The second-order valence-electron chi connectivity index (χ2n) is 7.72. The monoisotopic (exact) mass is 486 g/mol. The summed E-state index contributed by atoms with van der Waals surface area (Å²) in [4.78, 5) is 1.91. The van der Waals surface area contributed by atoms with Crippen molar-refractivity contribution in [2.75, 3.05) is 24.3 Å². The second-order valence-corrected chi connectivity index (χ2v) is 7.72. The first-order valence-electron chi connectivity index (χ1n) is 10.0. The average molecular weight is 486 g/mol. The number of alkyl halides is 7. The van der Waals surface area contributed by atoms with Crippen LogP contribution in [0.1, 0.15) is 11.1 Å². The van der Waals surface area contributed by atoms with Crippen molar-refractivity contribution >= 4 is 11.4 Å². The molecule has 34 heavy (non-hydrogen) atoms. The molecule has 0 unspecified atom stereocenters. The Kier molecular flexibility index (Phi) is 6.99. The maximum Gasteiger partial charge on any atom is 0.460 e. The largest absolute Gasteiger partial charge is 0.460 e. The first kappa shape index (κ1) is 25.2. The standard InChI is InChI=1S/C24H21F7N2O/c1-33(2)19-9-5-11-21(14-19)34-20-10-4-8-18(13-20)32-15-16-6-3-7-17(12-16)22(25,26)23(27,28)24(29,30)31/h3-14,32H,15H2,1-2H3. The molecule has 0 saturated carbocycles. The molecule has 0 aromatic heterocycles. The molecule has 182 valence electrons. The fourth-order valence-electron chi connectivity index (χ4n) is 3.07. The number of anilines is 2. The summed E-state index contributed by atoms with van der Waals surface area (Å²) in [5, 5.41) is 2.92. The molecule has 0 heterocycles. The van der Waals surface area contributed by atoms with E-state index >= 15 is 0 Å². The lowest BCUT2D eigenvalue weighted by atomic mass is 9.99. The van der Waals surface area contributed by atoms with Gasteiger partial charge in [-0.25, -0.2) is 0 Å². The van der Waals surface area contributed by atoms with Gasteiger partial charge in [-0.1, -0.05) is 30.3 Å². The molecule has 0 aliphatic rings. The first-order valence-corrected chi connectivity index (χ1v) is 10.0. The number of hydrogen-bond acceptors (Lipinski definition) is 3. The summed E-state index contributed by atoms with van der Waals surface area (Å²) < 4.78 is 98.0. The lowest BCUT2D eigenvalue weighted by molar-refractivity contribution is -0.359. The quantitative estimate of drug-likeness (QED) is 0.335. The van der Waals surface area contributed by atoms with Gasteiger partial charge in [-0.3, -0.25) is 0 Å². The summed E-state index contributed by atoms with van der Waals surface area (Å²) in [6, 6.07) is 17.5. The topological polar surface area (TPSA) is 24.5 Å². The Morgan fingerprint density at radius 1 is 0.765 bits per heavy atom. The van der Waals surface area contributed by atoms with Gasteiger partial charge in [0.05, 0.1) is 0 Å². The SMILES string of the molecule is CN(C)c1cccc(Oc2cccc(NCc3cccc(C(F)(F)C(F)(F)C(F)(F)F)c3)c2)c1. The molecule has 1 N–H and O–H groups in total. The van der Waals surface area contributed by atoms with E-state index in [9.17, 15) is 30.7 Å². The Bertz CT molecular complexity index is 1130. The van der Waals surface area contributed by atoms with Crippen LogP contribution in [-0.2, 0) is 12.5 Å². The van der Waals surface area contributed by atoms with E-state index in [1.807, 2.05) is 37.2 Å². The summed E-state index contributed by atoms with van der Waals surface area (Å²) in [5.41, 5.74) is 0.130. The van der Waals surface area contributed by atoms with E-state index < -0.39 is 23.6 Å². The highest BCUT2D eigenvalue weighted by Crippen LogP contribution is 2.51.